The highest BCUT2D eigenvalue weighted by Gasteiger charge is 2.40. The van der Waals surface area contributed by atoms with E-state index in [9.17, 15) is 15.0 Å². The van der Waals surface area contributed by atoms with Crippen LogP contribution in [0.5, 0.6) is 0 Å². The van der Waals surface area contributed by atoms with Crippen molar-refractivity contribution in [3.8, 4) is 0 Å². The van der Waals surface area contributed by atoms with Crippen LogP contribution in [0.15, 0.2) is 0 Å². The van der Waals surface area contributed by atoms with Gasteiger partial charge in [-0.2, -0.15) is 0 Å². The number of piperidine rings is 1. The third kappa shape index (κ3) is 3.93. The quantitative estimate of drug-likeness (QED) is 0.778. The average molecular weight is 271 g/mol. The molecule has 1 rings (SSSR count). The van der Waals surface area contributed by atoms with Gasteiger partial charge in [-0.3, -0.25) is 4.79 Å². The zero-order valence-electron chi connectivity index (χ0n) is 12.8. The van der Waals surface area contributed by atoms with E-state index in [0.717, 1.165) is 38.8 Å². The van der Waals surface area contributed by atoms with E-state index >= 15 is 0 Å². The van der Waals surface area contributed by atoms with Gasteiger partial charge in [-0.05, 0) is 52.0 Å². The van der Waals surface area contributed by atoms with Gasteiger partial charge in [0.05, 0.1) is 11.0 Å². The molecule has 0 spiro atoms. The van der Waals surface area contributed by atoms with Crippen LogP contribution in [0.25, 0.3) is 0 Å². The van der Waals surface area contributed by atoms with E-state index in [4.69, 9.17) is 0 Å². The van der Waals surface area contributed by atoms with E-state index in [1.54, 1.807) is 0 Å². The van der Waals surface area contributed by atoms with E-state index in [0.29, 0.717) is 6.54 Å². The lowest BCUT2D eigenvalue weighted by Gasteiger charge is -2.42. The molecule has 1 aliphatic heterocycles. The number of hydrogen-bond acceptors (Lipinski definition) is 3. The van der Waals surface area contributed by atoms with E-state index in [1.807, 2.05) is 27.7 Å². The predicted octanol–water partition coefficient (Wildman–Crippen LogP) is 2.36. The summed E-state index contributed by atoms with van der Waals surface area (Å²) in [5.41, 5.74) is -1.32. The summed E-state index contributed by atoms with van der Waals surface area (Å²) in [7, 11) is 0. The lowest BCUT2D eigenvalue weighted by atomic mass is 9.74. The van der Waals surface area contributed by atoms with Crippen LogP contribution in [0.2, 0.25) is 0 Å². The predicted molar refractivity (Wildman–Crippen MR) is 76.1 cm³/mol. The first-order chi connectivity index (χ1) is 8.75. The Bertz CT molecular complexity index is 311. The second-order valence-electron chi connectivity index (χ2n) is 6.53. The standard InChI is InChI=1S/C15H29NO3/c1-5-15(19,6-2)11-16-9-7-8-12(10-16)14(3,4)13(17)18/h12,19H,5-11H2,1-4H3,(H,17,18). The average Bonchev–Trinajstić information content (AvgIpc) is 2.38. The number of aliphatic hydroxyl groups is 1. The zero-order valence-corrected chi connectivity index (χ0v) is 12.8. The maximum Gasteiger partial charge on any atom is 0.309 e. The van der Waals surface area contributed by atoms with E-state index < -0.39 is 17.0 Å². The molecule has 4 heteroatoms. The van der Waals surface area contributed by atoms with Crippen LogP contribution in [-0.2, 0) is 4.79 Å². The molecular weight excluding hydrogens is 242 g/mol. The number of likely N-dealkylation sites (tertiary alicyclic amines) is 1. The summed E-state index contributed by atoms with van der Waals surface area (Å²) < 4.78 is 0. The van der Waals surface area contributed by atoms with Gasteiger partial charge in [0, 0.05) is 13.1 Å². The second kappa shape index (κ2) is 6.23. The molecule has 0 radical (unpaired) electrons. The van der Waals surface area contributed by atoms with Gasteiger partial charge < -0.3 is 15.1 Å². The molecule has 0 aromatic heterocycles. The maximum atomic E-state index is 11.4. The van der Waals surface area contributed by atoms with Crippen LogP contribution in [0.4, 0.5) is 0 Å². The highest BCUT2D eigenvalue weighted by atomic mass is 16.4. The molecule has 0 aromatic carbocycles. The van der Waals surface area contributed by atoms with Crippen molar-refractivity contribution in [3.63, 3.8) is 0 Å². The molecule has 19 heavy (non-hydrogen) atoms. The molecule has 1 aliphatic rings. The summed E-state index contributed by atoms with van der Waals surface area (Å²) >= 11 is 0. The molecule has 0 bridgehead atoms. The Morgan fingerprint density at radius 1 is 1.32 bits per heavy atom. The van der Waals surface area contributed by atoms with Crippen molar-refractivity contribution >= 4 is 5.97 Å². The van der Waals surface area contributed by atoms with Gasteiger partial charge in [-0.15, -0.1) is 0 Å². The molecule has 1 unspecified atom stereocenters. The first kappa shape index (κ1) is 16.4. The van der Waals surface area contributed by atoms with Crippen LogP contribution in [0.3, 0.4) is 0 Å². The van der Waals surface area contributed by atoms with Crippen LogP contribution < -0.4 is 0 Å². The summed E-state index contributed by atoms with van der Waals surface area (Å²) in [6.45, 7) is 10.0. The summed E-state index contributed by atoms with van der Waals surface area (Å²) in [4.78, 5) is 13.6. The molecule has 1 heterocycles. The molecular formula is C15H29NO3. The zero-order chi connectivity index (χ0) is 14.7. The van der Waals surface area contributed by atoms with Crippen LogP contribution in [-0.4, -0.2) is 46.3 Å². The Labute approximate surface area is 116 Å². The van der Waals surface area contributed by atoms with Crippen LogP contribution >= 0.6 is 0 Å². The van der Waals surface area contributed by atoms with Gasteiger partial charge in [0.15, 0.2) is 0 Å². The van der Waals surface area contributed by atoms with Gasteiger partial charge in [0.2, 0.25) is 0 Å². The molecule has 0 aliphatic carbocycles. The van der Waals surface area contributed by atoms with Crippen molar-refractivity contribution < 1.29 is 15.0 Å². The summed E-state index contributed by atoms with van der Waals surface area (Å²) in [5, 5.41) is 19.8. The van der Waals surface area contributed by atoms with Gasteiger partial charge in [0.1, 0.15) is 0 Å². The van der Waals surface area contributed by atoms with Crippen LogP contribution in [0.1, 0.15) is 53.4 Å². The fraction of sp³-hybridized carbons (Fsp3) is 0.933. The molecule has 0 amide bonds. The fourth-order valence-corrected chi connectivity index (χ4v) is 2.85. The van der Waals surface area contributed by atoms with Crippen molar-refractivity contribution in [1.82, 2.24) is 4.90 Å². The number of hydrogen-bond donors (Lipinski definition) is 2. The van der Waals surface area contributed by atoms with Crippen molar-refractivity contribution in [1.29, 1.82) is 0 Å². The van der Waals surface area contributed by atoms with Crippen molar-refractivity contribution in [2.45, 2.75) is 59.0 Å². The minimum absolute atomic E-state index is 0.164. The Balaban J connectivity index is 2.67. The van der Waals surface area contributed by atoms with Crippen molar-refractivity contribution in [3.05, 3.63) is 0 Å². The molecule has 1 fully saturated rings. The van der Waals surface area contributed by atoms with Crippen molar-refractivity contribution in [2.24, 2.45) is 11.3 Å². The minimum Gasteiger partial charge on any atom is -0.481 e. The molecule has 4 nitrogen and oxygen atoms in total. The monoisotopic (exact) mass is 271 g/mol. The summed E-state index contributed by atoms with van der Waals surface area (Å²) in [6.07, 6.45) is 3.47. The van der Waals surface area contributed by atoms with E-state index in [2.05, 4.69) is 4.90 Å². The molecule has 2 N–H and O–H groups in total. The molecule has 0 aromatic rings. The van der Waals surface area contributed by atoms with Gasteiger partial charge >= 0.3 is 5.97 Å². The van der Waals surface area contributed by atoms with E-state index in [-0.39, 0.29) is 5.92 Å². The molecule has 1 atom stereocenters. The molecule has 0 saturated carbocycles. The summed E-state index contributed by atoms with van der Waals surface area (Å²) in [6, 6.07) is 0. The number of β-amino-alcohol motifs (C(OH)–C–C–N with tert-alkyl or cyclic N) is 1. The maximum absolute atomic E-state index is 11.4. The lowest BCUT2D eigenvalue weighted by Crippen LogP contribution is -2.50. The second-order valence-corrected chi connectivity index (χ2v) is 6.53. The number of carbonyl (C=O) groups is 1. The number of nitrogens with zero attached hydrogens (tertiary/aromatic N) is 1. The lowest BCUT2D eigenvalue weighted by molar-refractivity contribution is -0.151. The van der Waals surface area contributed by atoms with E-state index in [1.165, 1.54) is 0 Å². The Morgan fingerprint density at radius 2 is 1.89 bits per heavy atom. The Kier molecular flexibility index (Phi) is 5.39. The van der Waals surface area contributed by atoms with Gasteiger partial charge in [0.25, 0.3) is 0 Å². The normalized spacial score (nSPS) is 22.5. The number of carboxylic acid groups (broad SMARTS) is 1. The van der Waals surface area contributed by atoms with Gasteiger partial charge in [-0.1, -0.05) is 13.8 Å². The smallest absolute Gasteiger partial charge is 0.309 e. The first-order valence-corrected chi connectivity index (χ1v) is 7.43. The highest BCUT2D eigenvalue weighted by Crippen LogP contribution is 2.34. The first-order valence-electron chi connectivity index (χ1n) is 7.43. The topological polar surface area (TPSA) is 60.8 Å². The Morgan fingerprint density at radius 3 is 2.37 bits per heavy atom. The number of rotatable bonds is 6. The third-order valence-electron chi connectivity index (χ3n) is 4.91. The SMILES string of the molecule is CCC(O)(CC)CN1CCCC(C(C)(C)C(=O)O)C1. The summed E-state index contributed by atoms with van der Waals surface area (Å²) in [5.74, 6) is -0.558. The molecule has 1 saturated heterocycles. The highest BCUT2D eigenvalue weighted by molar-refractivity contribution is 5.74. The van der Waals surface area contributed by atoms with Gasteiger partial charge in [-0.25, -0.2) is 0 Å². The third-order valence-corrected chi connectivity index (χ3v) is 4.91. The largest absolute Gasteiger partial charge is 0.481 e. The molecule has 112 valence electrons. The number of aliphatic carboxylic acids is 1. The Hall–Kier alpha value is -0.610. The van der Waals surface area contributed by atoms with Crippen LogP contribution in [0, 0.1) is 11.3 Å². The fourth-order valence-electron chi connectivity index (χ4n) is 2.85. The van der Waals surface area contributed by atoms with Crippen molar-refractivity contribution in [2.75, 3.05) is 19.6 Å². The minimum atomic E-state index is -0.722. The number of carboxylic acids is 1.